The lowest BCUT2D eigenvalue weighted by Crippen LogP contribution is -2.30. The standard InChI is InChI=1S/C17H22N4O3S/c1-4-10-20-25(23,24)15-7-5-14(6-8-15)17(22)21(3)13(2)16-9-11-18-12-19-16/h5-9,11-13,20H,4,10H2,1-3H3/t13-/m0/s1. The number of aromatic nitrogens is 2. The monoisotopic (exact) mass is 362 g/mol. The molecule has 0 bridgehead atoms. The van der Waals surface area contributed by atoms with Gasteiger partial charge in [-0.15, -0.1) is 0 Å². The average Bonchev–Trinajstić information content (AvgIpc) is 2.65. The van der Waals surface area contributed by atoms with E-state index in [1.165, 1.54) is 30.6 Å². The van der Waals surface area contributed by atoms with Crippen LogP contribution in [0.5, 0.6) is 0 Å². The number of sulfonamides is 1. The Balaban J connectivity index is 2.15. The van der Waals surface area contributed by atoms with E-state index in [-0.39, 0.29) is 16.8 Å². The van der Waals surface area contributed by atoms with Crippen LogP contribution in [0.15, 0.2) is 47.8 Å². The van der Waals surface area contributed by atoms with Crippen molar-refractivity contribution in [2.24, 2.45) is 0 Å². The van der Waals surface area contributed by atoms with E-state index in [0.29, 0.717) is 18.5 Å². The summed E-state index contributed by atoms with van der Waals surface area (Å²) in [4.78, 5) is 22.3. The largest absolute Gasteiger partial charge is 0.333 e. The van der Waals surface area contributed by atoms with Gasteiger partial charge < -0.3 is 4.90 Å². The predicted molar refractivity (Wildman–Crippen MR) is 94.5 cm³/mol. The van der Waals surface area contributed by atoms with Gasteiger partial charge in [0.2, 0.25) is 10.0 Å². The van der Waals surface area contributed by atoms with Gasteiger partial charge in [0.15, 0.2) is 0 Å². The van der Waals surface area contributed by atoms with Crippen LogP contribution in [0.2, 0.25) is 0 Å². The van der Waals surface area contributed by atoms with Crippen LogP contribution in [-0.4, -0.2) is 42.8 Å². The third-order valence-electron chi connectivity index (χ3n) is 3.89. The second kappa shape index (κ2) is 8.17. The number of nitrogens with zero attached hydrogens (tertiary/aromatic N) is 3. The Kier molecular flexibility index (Phi) is 6.22. The quantitative estimate of drug-likeness (QED) is 0.813. The van der Waals surface area contributed by atoms with Crippen LogP contribution in [0.4, 0.5) is 0 Å². The zero-order chi connectivity index (χ0) is 18.4. The number of carbonyl (C=O) groups is 1. The molecule has 0 saturated carbocycles. The first-order valence-corrected chi connectivity index (χ1v) is 9.48. The van der Waals surface area contributed by atoms with Crippen molar-refractivity contribution in [1.82, 2.24) is 19.6 Å². The Bertz CT molecular complexity index is 808. The van der Waals surface area contributed by atoms with E-state index in [4.69, 9.17) is 0 Å². The summed E-state index contributed by atoms with van der Waals surface area (Å²) in [6, 6.07) is 7.44. The minimum absolute atomic E-state index is 0.143. The Morgan fingerprint density at radius 3 is 2.48 bits per heavy atom. The molecule has 8 heteroatoms. The van der Waals surface area contributed by atoms with Gasteiger partial charge >= 0.3 is 0 Å². The van der Waals surface area contributed by atoms with E-state index in [9.17, 15) is 13.2 Å². The zero-order valence-electron chi connectivity index (χ0n) is 14.5. The van der Waals surface area contributed by atoms with Crippen LogP contribution in [0.3, 0.4) is 0 Å². The maximum absolute atomic E-state index is 12.6. The maximum Gasteiger partial charge on any atom is 0.254 e. The molecule has 1 amide bonds. The third-order valence-corrected chi connectivity index (χ3v) is 5.36. The third kappa shape index (κ3) is 4.61. The first-order valence-electron chi connectivity index (χ1n) is 7.99. The van der Waals surface area contributed by atoms with Crippen LogP contribution >= 0.6 is 0 Å². The normalized spacial score (nSPS) is 12.6. The molecule has 0 spiro atoms. The Hall–Kier alpha value is -2.32. The molecule has 1 N–H and O–H groups in total. The molecule has 25 heavy (non-hydrogen) atoms. The van der Waals surface area contributed by atoms with Crippen molar-refractivity contribution in [3.8, 4) is 0 Å². The molecule has 134 valence electrons. The lowest BCUT2D eigenvalue weighted by Gasteiger charge is -2.24. The van der Waals surface area contributed by atoms with Crippen molar-refractivity contribution in [3.05, 3.63) is 54.1 Å². The summed E-state index contributed by atoms with van der Waals surface area (Å²) in [6.45, 7) is 4.13. The SMILES string of the molecule is CCCNS(=O)(=O)c1ccc(C(=O)N(C)[C@@H](C)c2ccncn2)cc1. The van der Waals surface area contributed by atoms with Crippen LogP contribution < -0.4 is 4.72 Å². The fraction of sp³-hybridized carbons (Fsp3) is 0.353. The number of carbonyl (C=O) groups excluding carboxylic acids is 1. The molecule has 2 aromatic rings. The van der Waals surface area contributed by atoms with E-state index in [2.05, 4.69) is 14.7 Å². The van der Waals surface area contributed by atoms with Gasteiger partial charge in [-0.2, -0.15) is 0 Å². The topological polar surface area (TPSA) is 92.3 Å². The second-order valence-corrected chi connectivity index (χ2v) is 7.42. The van der Waals surface area contributed by atoms with Gasteiger partial charge in [0.1, 0.15) is 6.33 Å². The fourth-order valence-corrected chi connectivity index (χ4v) is 3.36. The van der Waals surface area contributed by atoms with E-state index < -0.39 is 10.0 Å². The molecule has 1 atom stereocenters. The number of amides is 1. The number of nitrogens with one attached hydrogen (secondary N) is 1. The summed E-state index contributed by atoms with van der Waals surface area (Å²) in [7, 11) is -1.85. The number of benzene rings is 1. The minimum Gasteiger partial charge on any atom is -0.333 e. The Morgan fingerprint density at radius 2 is 1.92 bits per heavy atom. The van der Waals surface area contributed by atoms with E-state index in [1.807, 2.05) is 13.8 Å². The molecule has 7 nitrogen and oxygen atoms in total. The lowest BCUT2D eigenvalue weighted by molar-refractivity contribution is 0.0739. The van der Waals surface area contributed by atoms with Crippen molar-refractivity contribution >= 4 is 15.9 Å². The molecule has 0 unspecified atom stereocenters. The first kappa shape index (κ1) is 19.0. The number of hydrogen-bond acceptors (Lipinski definition) is 5. The van der Waals surface area contributed by atoms with Crippen molar-refractivity contribution in [1.29, 1.82) is 0 Å². The van der Waals surface area contributed by atoms with E-state index in [0.717, 1.165) is 5.69 Å². The molecule has 1 aromatic carbocycles. The summed E-state index contributed by atoms with van der Waals surface area (Å²) in [5, 5.41) is 0. The van der Waals surface area contributed by atoms with Gasteiger partial charge in [-0.25, -0.2) is 23.1 Å². The van der Waals surface area contributed by atoms with Crippen molar-refractivity contribution in [2.45, 2.75) is 31.2 Å². The first-order chi connectivity index (χ1) is 11.9. The Labute approximate surface area is 148 Å². The van der Waals surface area contributed by atoms with Crippen LogP contribution in [0.1, 0.15) is 42.4 Å². The summed E-state index contributed by atoms with van der Waals surface area (Å²) < 4.78 is 26.7. The molecule has 1 heterocycles. The van der Waals surface area contributed by atoms with Gasteiger partial charge in [0.25, 0.3) is 5.91 Å². The summed E-state index contributed by atoms with van der Waals surface area (Å²) >= 11 is 0. The molecule has 0 aliphatic carbocycles. The molecule has 0 radical (unpaired) electrons. The molecule has 2 rings (SSSR count). The smallest absolute Gasteiger partial charge is 0.254 e. The summed E-state index contributed by atoms with van der Waals surface area (Å²) in [5.41, 5.74) is 1.15. The average molecular weight is 362 g/mol. The van der Waals surface area contributed by atoms with Crippen molar-refractivity contribution in [3.63, 3.8) is 0 Å². The van der Waals surface area contributed by atoms with Crippen LogP contribution in [0, 0.1) is 0 Å². The van der Waals surface area contributed by atoms with Crippen LogP contribution in [-0.2, 0) is 10.0 Å². The molecule has 0 aliphatic heterocycles. The minimum atomic E-state index is -3.54. The van der Waals surface area contributed by atoms with Gasteiger partial charge in [-0.05, 0) is 43.7 Å². The van der Waals surface area contributed by atoms with Gasteiger partial charge in [-0.1, -0.05) is 6.92 Å². The highest BCUT2D eigenvalue weighted by Gasteiger charge is 2.21. The summed E-state index contributed by atoms with van der Waals surface area (Å²) in [5.74, 6) is -0.212. The second-order valence-electron chi connectivity index (χ2n) is 5.65. The van der Waals surface area contributed by atoms with Gasteiger partial charge in [0.05, 0.1) is 16.6 Å². The highest BCUT2D eigenvalue weighted by atomic mass is 32.2. The number of hydrogen-bond donors (Lipinski definition) is 1. The van der Waals surface area contributed by atoms with E-state index in [1.54, 1.807) is 24.2 Å². The molecule has 0 aliphatic rings. The summed E-state index contributed by atoms with van der Waals surface area (Å²) in [6.07, 6.45) is 3.77. The lowest BCUT2D eigenvalue weighted by atomic mass is 10.1. The fourth-order valence-electron chi connectivity index (χ4n) is 2.22. The highest BCUT2D eigenvalue weighted by molar-refractivity contribution is 7.89. The van der Waals surface area contributed by atoms with Gasteiger partial charge in [-0.3, -0.25) is 4.79 Å². The molecular weight excluding hydrogens is 340 g/mol. The number of rotatable bonds is 7. The Morgan fingerprint density at radius 1 is 1.24 bits per heavy atom. The molecule has 0 fully saturated rings. The predicted octanol–water partition coefficient (Wildman–Crippen LogP) is 2.00. The van der Waals surface area contributed by atoms with E-state index >= 15 is 0 Å². The van der Waals surface area contributed by atoms with Crippen molar-refractivity contribution < 1.29 is 13.2 Å². The molecule has 1 aromatic heterocycles. The molecule has 0 saturated heterocycles. The van der Waals surface area contributed by atoms with Crippen molar-refractivity contribution in [2.75, 3.05) is 13.6 Å². The van der Waals surface area contributed by atoms with Crippen LogP contribution in [0.25, 0.3) is 0 Å². The zero-order valence-corrected chi connectivity index (χ0v) is 15.3. The van der Waals surface area contributed by atoms with Gasteiger partial charge in [0, 0.05) is 25.4 Å². The highest BCUT2D eigenvalue weighted by Crippen LogP contribution is 2.19. The maximum atomic E-state index is 12.6. The molecular formula is C17H22N4O3S.